The first-order chi connectivity index (χ1) is 8.99. The fourth-order valence-electron chi connectivity index (χ4n) is 2.35. The van der Waals surface area contributed by atoms with Gasteiger partial charge in [0, 0.05) is 11.7 Å². The fourth-order valence-corrected chi connectivity index (χ4v) is 2.83. The Morgan fingerprint density at radius 3 is 2.42 bits per heavy atom. The van der Waals surface area contributed by atoms with Crippen LogP contribution in [0.5, 0.6) is 0 Å². The molecule has 1 aromatic rings. The molecular weight excluding hydrogens is 290 g/mol. The zero-order valence-corrected chi connectivity index (χ0v) is 11.8. The largest absolute Gasteiger partial charge is 0.327 e. The van der Waals surface area contributed by atoms with E-state index in [-0.39, 0.29) is 27.9 Å². The molecule has 0 aromatic heterocycles. The predicted octanol–water partition coefficient (Wildman–Crippen LogP) is 3.59. The minimum atomic E-state index is -0.685. The second-order valence-corrected chi connectivity index (χ2v) is 5.61. The molecule has 0 bridgehead atoms. The number of anilines is 1. The number of hydrogen-bond donors (Lipinski definition) is 2. The molecule has 1 aliphatic rings. The number of rotatable bonds is 2. The summed E-state index contributed by atoms with van der Waals surface area (Å²) in [4.78, 5) is 12.1. The maximum Gasteiger partial charge on any atom is 0.229 e. The van der Waals surface area contributed by atoms with Crippen molar-refractivity contribution in [2.75, 3.05) is 5.32 Å². The van der Waals surface area contributed by atoms with Gasteiger partial charge in [-0.15, -0.1) is 0 Å². The highest BCUT2D eigenvalue weighted by atomic mass is 35.5. The van der Waals surface area contributed by atoms with E-state index in [2.05, 4.69) is 5.32 Å². The summed E-state index contributed by atoms with van der Waals surface area (Å²) >= 11 is 11.4. The first kappa shape index (κ1) is 14.6. The zero-order chi connectivity index (χ0) is 14.0. The van der Waals surface area contributed by atoms with Crippen LogP contribution in [0.2, 0.25) is 10.0 Å². The number of halogens is 3. The van der Waals surface area contributed by atoms with Gasteiger partial charge >= 0.3 is 0 Å². The molecule has 104 valence electrons. The predicted molar refractivity (Wildman–Crippen MR) is 75.0 cm³/mol. The second-order valence-electron chi connectivity index (χ2n) is 4.80. The van der Waals surface area contributed by atoms with Crippen LogP contribution in [0.25, 0.3) is 0 Å². The van der Waals surface area contributed by atoms with E-state index in [4.69, 9.17) is 28.9 Å². The Kier molecular flexibility index (Phi) is 4.66. The van der Waals surface area contributed by atoms with Gasteiger partial charge in [0.15, 0.2) is 5.82 Å². The van der Waals surface area contributed by atoms with Crippen LogP contribution >= 0.6 is 23.2 Å². The van der Waals surface area contributed by atoms with Gasteiger partial charge in [-0.2, -0.15) is 0 Å². The van der Waals surface area contributed by atoms with Gasteiger partial charge in [0.1, 0.15) is 0 Å². The summed E-state index contributed by atoms with van der Waals surface area (Å²) in [7, 11) is 0. The topological polar surface area (TPSA) is 55.1 Å². The Morgan fingerprint density at radius 1 is 1.26 bits per heavy atom. The summed E-state index contributed by atoms with van der Waals surface area (Å²) in [6.45, 7) is 0. The number of hydrogen-bond acceptors (Lipinski definition) is 2. The maximum atomic E-state index is 13.3. The number of amides is 1. The lowest BCUT2D eigenvalue weighted by Crippen LogP contribution is -2.40. The third-order valence-electron chi connectivity index (χ3n) is 3.41. The molecule has 1 aliphatic carbocycles. The van der Waals surface area contributed by atoms with Gasteiger partial charge < -0.3 is 11.1 Å². The van der Waals surface area contributed by atoms with Gasteiger partial charge in [0.25, 0.3) is 0 Å². The van der Waals surface area contributed by atoms with E-state index in [1.165, 1.54) is 12.1 Å². The van der Waals surface area contributed by atoms with Crippen molar-refractivity contribution in [3.63, 3.8) is 0 Å². The van der Waals surface area contributed by atoms with Crippen molar-refractivity contribution in [3.8, 4) is 0 Å². The van der Waals surface area contributed by atoms with Crippen LogP contribution in [0, 0.1) is 11.7 Å². The number of benzene rings is 1. The van der Waals surface area contributed by atoms with Crippen molar-refractivity contribution in [2.24, 2.45) is 11.7 Å². The highest BCUT2D eigenvalue weighted by molar-refractivity contribution is 6.35. The van der Waals surface area contributed by atoms with Crippen molar-refractivity contribution in [2.45, 2.75) is 31.7 Å². The average molecular weight is 305 g/mol. The van der Waals surface area contributed by atoms with Crippen LogP contribution in [0.3, 0.4) is 0 Å². The smallest absolute Gasteiger partial charge is 0.229 e. The van der Waals surface area contributed by atoms with Gasteiger partial charge in [0.2, 0.25) is 5.91 Å². The Bertz CT molecular complexity index is 473. The molecule has 2 unspecified atom stereocenters. The van der Waals surface area contributed by atoms with Crippen molar-refractivity contribution in [1.29, 1.82) is 0 Å². The molecule has 1 fully saturated rings. The van der Waals surface area contributed by atoms with Crippen LogP contribution in [0.4, 0.5) is 10.1 Å². The lowest BCUT2D eigenvalue weighted by atomic mass is 9.84. The van der Waals surface area contributed by atoms with Crippen LogP contribution in [0.1, 0.15) is 25.7 Å². The Balaban J connectivity index is 2.10. The molecule has 0 spiro atoms. The van der Waals surface area contributed by atoms with Gasteiger partial charge in [-0.1, -0.05) is 36.0 Å². The first-order valence-electron chi connectivity index (χ1n) is 6.20. The minimum absolute atomic E-state index is 0.115. The average Bonchev–Trinajstić information content (AvgIpc) is 2.36. The molecule has 1 aromatic carbocycles. The molecule has 0 aliphatic heterocycles. The molecule has 3 nitrogen and oxygen atoms in total. The van der Waals surface area contributed by atoms with E-state index >= 15 is 0 Å². The van der Waals surface area contributed by atoms with Crippen LogP contribution in [-0.4, -0.2) is 11.9 Å². The third-order valence-corrected chi connectivity index (χ3v) is 3.96. The lowest BCUT2D eigenvalue weighted by molar-refractivity contribution is -0.121. The summed E-state index contributed by atoms with van der Waals surface area (Å²) in [6.07, 6.45) is 3.68. The molecule has 2 rings (SSSR count). The molecule has 0 saturated heterocycles. The van der Waals surface area contributed by atoms with E-state index in [9.17, 15) is 9.18 Å². The van der Waals surface area contributed by atoms with Gasteiger partial charge in [-0.3, -0.25) is 4.79 Å². The number of nitrogens with two attached hydrogens (primary N) is 1. The van der Waals surface area contributed by atoms with Crippen molar-refractivity contribution >= 4 is 34.8 Å². The van der Waals surface area contributed by atoms with Crippen molar-refractivity contribution in [1.82, 2.24) is 0 Å². The van der Waals surface area contributed by atoms with Crippen LogP contribution in [-0.2, 0) is 4.79 Å². The van der Waals surface area contributed by atoms with E-state index in [0.29, 0.717) is 5.69 Å². The molecule has 0 radical (unpaired) electrons. The van der Waals surface area contributed by atoms with Gasteiger partial charge in [-0.25, -0.2) is 4.39 Å². The summed E-state index contributed by atoms with van der Waals surface area (Å²) in [5.74, 6) is -1.06. The maximum absolute atomic E-state index is 13.3. The van der Waals surface area contributed by atoms with E-state index in [1.807, 2.05) is 0 Å². The summed E-state index contributed by atoms with van der Waals surface area (Å²) < 4.78 is 13.3. The molecule has 1 saturated carbocycles. The van der Waals surface area contributed by atoms with E-state index in [1.54, 1.807) is 0 Å². The molecule has 19 heavy (non-hydrogen) atoms. The fraction of sp³-hybridized carbons (Fsp3) is 0.462. The number of nitrogens with one attached hydrogen (secondary N) is 1. The quantitative estimate of drug-likeness (QED) is 0.820. The number of carbonyl (C=O) groups excluding carboxylic acids is 1. The third kappa shape index (κ3) is 3.38. The summed E-state index contributed by atoms with van der Waals surface area (Å²) in [6, 6.07) is 2.56. The number of carbonyl (C=O) groups is 1. The molecule has 2 atom stereocenters. The normalized spacial score (nSPS) is 23.2. The van der Waals surface area contributed by atoms with E-state index in [0.717, 1.165) is 25.7 Å². The standard InChI is InChI=1S/C13H15Cl2FN2O/c14-9-5-7(6-10(15)12(9)16)18-13(19)8-3-1-2-4-11(8)17/h5-6,8,11H,1-4,17H2,(H,18,19). The molecule has 0 heterocycles. The van der Waals surface area contributed by atoms with Crippen molar-refractivity contribution in [3.05, 3.63) is 28.0 Å². The van der Waals surface area contributed by atoms with Gasteiger partial charge in [0.05, 0.1) is 16.0 Å². The summed E-state index contributed by atoms with van der Waals surface area (Å²) in [5, 5.41) is 2.47. The molecular formula is C13H15Cl2FN2O. The molecule has 3 N–H and O–H groups in total. The summed E-state index contributed by atoms with van der Waals surface area (Å²) in [5.41, 5.74) is 6.33. The van der Waals surface area contributed by atoms with Crippen LogP contribution < -0.4 is 11.1 Å². The Labute approximate surface area is 121 Å². The SMILES string of the molecule is NC1CCCCC1C(=O)Nc1cc(Cl)c(F)c(Cl)c1. The molecule has 6 heteroatoms. The van der Waals surface area contributed by atoms with Gasteiger partial charge in [-0.05, 0) is 25.0 Å². The van der Waals surface area contributed by atoms with Crippen molar-refractivity contribution < 1.29 is 9.18 Å². The molecule has 1 amide bonds. The minimum Gasteiger partial charge on any atom is -0.327 e. The van der Waals surface area contributed by atoms with E-state index < -0.39 is 5.82 Å². The highest BCUT2D eigenvalue weighted by Crippen LogP contribution is 2.29. The Hall–Kier alpha value is -0.840. The Morgan fingerprint density at radius 2 is 1.84 bits per heavy atom. The second kappa shape index (κ2) is 6.07. The lowest BCUT2D eigenvalue weighted by Gasteiger charge is -2.27. The highest BCUT2D eigenvalue weighted by Gasteiger charge is 2.28. The van der Waals surface area contributed by atoms with Crippen LogP contribution in [0.15, 0.2) is 12.1 Å². The monoisotopic (exact) mass is 304 g/mol. The zero-order valence-electron chi connectivity index (χ0n) is 10.3. The first-order valence-corrected chi connectivity index (χ1v) is 6.95.